The minimum absolute atomic E-state index is 0.144. The van der Waals surface area contributed by atoms with Crippen LogP contribution in [0.4, 0.5) is 15.9 Å². The van der Waals surface area contributed by atoms with E-state index in [1.807, 2.05) is 13.0 Å². The zero-order valence-corrected chi connectivity index (χ0v) is 19.2. The first-order chi connectivity index (χ1) is 16.3. The molecule has 2 aliphatic rings. The number of ether oxygens (including phenoxy) is 1. The summed E-state index contributed by atoms with van der Waals surface area (Å²) in [6.45, 7) is 6.29. The van der Waals surface area contributed by atoms with Crippen LogP contribution in [0.15, 0.2) is 30.7 Å². The van der Waals surface area contributed by atoms with Gasteiger partial charge in [-0.15, -0.1) is 0 Å². The fourth-order valence-corrected chi connectivity index (χ4v) is 4.51. The summed E-state index contributed by atoms with van der Waals surface area (Å²) in [5.74, 6) is 0.708. The summed E-state index contributed by atoms with van der Waals surface area (Å²) in [4.78, 5) is 26.4. The van der Waals surface area contributed by atoms with Crippen LogP contribution in [0.25, 0.3) is 5.65 Å². The van der Waals surface area contributed by atoms with Crippen LogP contribution in [0.2, 0.25) is 0 Å². The molecule has 180 valence electrons. The first kappa shape index (κ1) is 22.5. The molecule has 0 radical (unpaired) electrons. The second-order valence-electron chi connectivity index (χ2n) is 9.18. The van der Waals surface area contributed by atoms with E-state index in [0.29, 0.717) is 67.7 Å². The van der Waals surface area contributed by atoms with E-state index in [0.717, 1.165) is 5.56 Å². The highest BCUT2D eigenvalue weighted by molar-refractivity contribution is 6.09. The second kappa shape index (κ2) is 8.80. The number of pyridine rings is 1. The topological polar surface area (TPSA) is 108 Å². The smallest absolute Gasteiger partial charge is 0.261 e. The predicted molar refractivity (Wildman–Crippen MR) is 124 cm³/mol. The molecule has 0 aliphatic carbocycles. The Bertz CT molecular complexity index is 1210. The lowest BCUT2D eigenvalue weighted by molar-refractivity contribution is 0.0416. The van der Waals surface area contributed by atoms with Gasteiger partial charge in [-0.05, 0) is 26.0 Å². The van der Waals surface area contributed by atoms with Crippen molar-refractivity contribution in [2.24, 2.45) is 0 Å². The third-order valence-corrected chi connectivity index (χ3v) is 6.24. The van der Waals surface area contributed by atoms with Crippen molar-refractivity contribution in [3.8, 4) is 5.88 Å². The summed E-state index contributed by atoms with van der Waals surface area (Å²) < 4.78 is 21.0. The predicted octanol–water partition coefficient (Wildman–Crippen LogP) is 1.54. The molecule has 5 rings (SSSR count). The van der Waals surface area contributed by atoms with Gasteiger partial charge in [-0.3, -0.25) is 9.69 Å². The zero-order valence-electron chi connectivity index (χ0n) is 19.2. The van der Waals surface area contributed by atoms with Crippen LogP contribution in [-0.4, -0.2) is 86.6 Å². The molecule has 0 bridgehead atoms. The highest BCUT2D eigenvalue weighted by Crippen LogP contribution is 2.39. The molecule has 11 heteroatoms. The Morgan fingerprint density at radius 2 is 2.15 bits per heavy atom. The van der Waals surface area contributed by atoms with E-state index >= 15 is 0 Å². The van der Waals surface area contributed by atoms with Gasteiger partial charge < -0.3 is 20.1 Å². The second-order valence-corrected chi connectivity index (χ2v) is 9.18. The number of nitrogens with one attached hydrogen (secondary N) is 1. The molecule has 3 aromatic heterocycles. The molecule has 2 aliphatic heterocycles. The van der Waals surface area contributed by atoms with Crippen molar-refractivity contribution in [3.63, 3.8) is 0 Å². The normalized spacial score (nSPS) is 21.4. The van der Waals surface area contributed by atoms with Crippen LogP contribution < -0.4 is 15.0 Å². The average Bonchev–Trinajstić information content (AvgIpc) is 3.39. The molecule has 0 aromatic carbocycles. The third kappa shape index (κ3) is 4.28. The minimum Gasteiger partial charge on any atom is -0.468 e. The molecule has 10 nitrogen and oxygen atoms in total. The summed E-state index contributed by atoms with van der Waals surface area (Å²) in [5, 5.41) is 17.0. The standard InChI is InChI=1S/C23H28FN7O3/c1-15(24)13-29-6-8-30(9-7-29)20-18(10-16-11-23(2,14-32)34-22(16)28-20)27-21(33)17-12-26-31-5-3-4-25-19(17)31/h3-5,10,12,15,32H,6-9,11,13-14H2,1-2H3,(H,27,33)/t15?,23-/m0/s1. The van der Waals surface area contributed by atoms with Crippen LogP contribution in [0, 0.1) is 0 Å². The number of fused-ring (bicyclic) bond motifs is 2. The number of hydrogen-bond donors (Lipinski definition) is 2. The van der Waals surface area contributed by atoms with Crippen molar-refractivity contribution in [2.75, 3.05) is 49.5 Å². The maximum absolute atomic E-state index is 13.5. The number of hydrogen-bond acceptors (Lipinski definition) is 8. The van der Waals surface area contributed by atoms with Gasteiger partial charge in [-0.1, -0.05) is 0 Å². The molecule has 5 heterocycles. The average molecular weight is 470 g/mol. The molecule has 3 aromatic rings. The van der Waals surface area contributed by atoms with Crippen LogP contribution >= 0.6 is 0 Å². The number of aliphatic hydroxyl groups excluding tert-OH is 1. The molecule has 1 unspecified atom stereocenters. The van der Waals surface area contributed by atoms with Crippen molar-refractivity contribution in [3.05, 3.63) is 41.9 Å². The molecule has 0 spiro atoms. The number of anilines is 2. The van der Waals surface area contributed by atoms with E-state index in [-0.39, 0.29) is 12.5 Å². The van der Waals surface area contributed by atoms with Gasteiger partial charge in [0.15, 0.2) is 11.5 Å². The Hall–Kier alpha value is -3.31. The van der Waals surface area contributed by atoms with Gasteiger partial charge in [-0.25, -0.2) is 13.9 Å². The minimum atomic E-state index is -0.886. The van der Waals surface area contributed by atoms with Crippen molar-refractivity contribution < 1.29 is 19.0 Å². The van der Waals surface area contributed by atoms with E-state index in [1.165, 1.54) is 6.20 Å². The van der Waals surface area contributed by atoms with Crippen LogP contribution in [0.3, 0.4) is 0 Å². The summed E-state index contributed by atoms with van der Waals surface area (Å²) in [6, 6.07) is 3.61. The van der Waals surface area contributed by atoms with Gasteiger partial charge in [0.05, 0.1) is 18.5 Å². The van der Waals surface area contributed by atoms with Crippen molar-refractivity contribution in [2.45, 2.75) is 32.0 Å². The fraction of sp³-hybridized carbons (Fsp3) is 0.478. The molecule has 2 N–H and O–H groups in total. The number of piperazine rings is 1. The van der Waals surface area contributed by atoms with Crippen molar-refractivity contribution in [1.29, 1.82) is 0 Å². The van der Waals surface area contributed by atoms with Gasteiger partial charge in [0.1, 0.15) is 17.3 Å². The SMILES string of the molecule is CC(F)CN1CCN(c2nc3c(cc2NC(=O)c2cnn4cccnc24)C[C@@](C)(CO)O3)CC1. The lowest BCUT2D eigenvalue weighted by Gasteiger charge is -2.36. The van der Waals surface area contributed by atoms with Crippen LogP contribution in [0.5, 0.6) is 5.88 Å². The summed E-state index contributed by atoms with van der Waals surface area (Å²) in [6.07, 6.45) is 4.42. The molecule has 0 saturated carbocycles. The quantitative estimate of drug-likeness (QED) is 0.560. The summed E-state index contributed by atoms with van der Waals surface area (Å²) in [5.41, 5.74) is 1.43. The number of halogens is 1. The Labute approximate surface area is 196 Å². The summed E-state index contributed by atoms with van der Waals surface area (Å²) in [7, 11) is 0. The Morgan fingerprint density at radius 3 is 2.88 bits per heavy atom. The first-order valence-electron chi connectivity index (χ1n) is 11.4. The number of nitrogens with zero attached hydrogens (tertiary/aromatic N) is 6. The van der Waals surface area contributed by atoms with Gasteiger partial charge in [0.2, 0.25) is 5.88 Å². The number of carbonyl (C=O) groups excluding carboxylic acids is 1. The van der Waals surface area contributed by atoms with E-state index in [9.17, 15) is 14.3 Å². The Balaban J connectivity index is 1.45. The number of carbonyl (C=O) groups is 1. The maximum Gasteiger partial charge on any atom is 0.261 e. The van der Waals surface area contributed by atoms with E-state index in [1.54, 1.807) is 29.9 Å². The highest BCUT2D eigenvalue weighted by atomic mass is 19.1. The van der Waals surface area contributed by atoms with Crippen LogP contribution in [0.1, 0.15) is 29.8 Å². The van der Waals surface area contributed by atoms with E-state index in [2.05, 4.69) is 25.2 Å². The van der Waals surface area contributed by atoms with E-state index < -0.39 is 11.8 Å². The monoisotopic (exact) mass is 469 g/mol. The number of alkyl halides is 1. The van der Waals surface area contributed by atoms with Gasteiger partial charge in [-0.2, -0.15) is 10.1 Å². The molecule has 1 amide bonds. The molecular weight excluding hydrogens is 441 g/mol. The number of aliphatic hydroxyl groups is 1. The molecular formula is C23H28FN7O3. The van der Waals surface area contributed by atoms with Gasteiger partial charge in [0, 0.05) is 57.1 Å². The number of aromatic nitrogens is 4. The van der Waals surface area contributed by atoms with Gasteiger partial charge >= 0.3 is 0 Å². The lowest BCUT2D eigenvalue weighted by Crippen LogP contribution is -2.48. The third-order valence-electron chi connectivity index (χ3n) is 6.24. The molecule has 34 heavy (non-hydrogen) atoms. The Kier molecular flexibility index (Phi) is 5.82. The number of amides is 1. The zero-order chi connectivity index (χ0) is 23.9. The largest absolute Gasteiger partial charge is 0.468 e. The van der Waals surface area contributed by atoms with Crippen molar-refractivity contribution >= 4 is 23.1 Å². The maximum atomic E-state index is 13.5. The summed E-state index contributed by atoms with van der Waals surface area (Å²) >= 11 is 0. The first-order valence-corrected chi connectivity index (χ1v) is 11.4. The van der Waals surface area contributed by atoms with Crippen molar-refractivity contribution in [1.82, 2.24) is 24.5 Å². The lowest BCUT2D eigenvalue weighted by atomic mass is 10.0. The van der Waals surface area contributed by atoms with Gasteiger partial charge in [0.25, 0.3) is 5.91 Å². The molecule has 1 fully saturated rings. The molecule has 1 saturated heterocycles. The van der Waals surface area contributed by atoms with E-state index in [4.69, 9.17) is 9.72 Å². The molecule has 2 atom stereocenters. The highest BCUT2D eigenvalue weighted by Gasteiger charge is 2.37. The van der Waals surface area contributed by atoms with Crippen LogP contribution in [-0.2, 0) is 6.42 Å². The fourth-order valence-electron chi connectivity index (χ4n) is 4.51. The Morgan fingerprint density at radius 1 is 1.35 bits per heavy atom. The number of rotatable bonds is 6.